The molecular formula is C8H13FO. The number of rotatable bonds is 2. The molecule has 0 bridgehead atoms. The van der Waals surface area contributed by atoms with E-state index in [9.17, 15) is 9.18 Å². The Hall–Kier alpha value is -0.400. The number of carbonyl (C=O) groups is 1. The van der Waals surface area contributed by atoms with E-state index >= 15 is 0 Å². The maximum atomic E-state index is 13.3. The van der Waals surface area contributed by atoms with Gasteiger partial charge in [0.25, 0.3) is 0 Å². The number of hydrogen-bond acceptors (Lipinski definition) is 1. The van der Waals surface area contributed by atoms with E-state index in [4.69, 9.17) is 0 Å². The summed E-state index contributed by atoms with van der Waals surface area (Å²) >= 11 is 0. The zero-order valence-electron chi connectivity index (χ0n) is 6.11. The molecule has 0 atom stereocenters. The lowest BCUT2D eigenvalue weighted by Crippen LogP contribution is -2.26. The molecule has 0 heterocycles. The molecule has 1 saturated carbocycles. The van der Waals surface area contributed by atoms with E-state index in [2.05, 4.69) is 0 Å². The molecule has 0 aromatic carbocycles. The molecule has 10 heavy (non-hydrogen) atoms. The van der Waals surface area contributed by atoms with Crippen LogP contribution in [0.4, 0.5) is 4.39 Å². The summed E-state index contributed by atoms with van der Waals surface area (Å²) in [4.78, 5) is 10.0. The van der Waals surface area contributed by atoms with Gasteiger partial charge in [-0.2, -0.15) is 0 Å². The molecule has 1 aliphatic carbocycles. The lowest BCUT2D eigenvalue weighted by Gasteiger charge is -2.27. The van der Waals surface area contributed by atoms with Gasteiger partial charge in [0, 0.05) is 6.42 Å². The van der Waals surface area contributed by atoms with E-state index in [0.29, 0.717) is 19.1 Å². The van der Waals surface area contributed by atoms with Gasteiger partial charge in [-0.15, -0.1) is 0 Å². The molecule has 58 valence electrons. The summed E-state index contributed by atoms with van der Waals surface area (Å²) in [5.74, 6) is 0. The Morgan fingerprint density at radius 3 is 2.40 bits per heavy atom. The zero-order chi connectivity index (χ0) is 7.45. The van der Waals surface area contributed by atoms with Gasteiger partial charge in [-0.3, -0.25) is 0 Å². The molecule has 1 aliphatic rings. The van der Waals surface area contributed by atoms with E-state index in [0.717, 1.165) is 19.3 Å². The minimum Gasteiger partial charge on any atom is -0.303 e. The third kappa shape index (κ3) is 1.79. The van der Waals surface area contributed by atoms with Crippen LogP contribution in [-0.4, -0.2) is 12.0 Å². The van der Waals surface area contributed by atoms with E-state index < -0.39 is 5.67 Å². The highest BCUT2D eigenvalue weighted by Crippen LogP contribution is 2.33. The molecule has 0 radical (unpaired) electrons. The largest absolute Gasteiger partial charge is 0.303 e. The summed E-state index contributed by atoms with van der Waals surface area (Å²) in [5, 5.41) is 0. The van der Waals surface area contributed by atoms with E-state index in [1.807, 2.05) is 0 Å². The van der Waals surface area contributed by atoms with Crippen molar-refractivity contribution in [3.05, 3.63) is 0 Å². The molecule has 0 spiro atoms. The van der Waals surface area contributed by atoms with Crippen molar-refractivity contribution in [2.45, 2.75) is 44.2 Å². The first-order valence-electron chi connectivity index (χ1n) is 3.89. The zero-order valence-corrected chi connectivity index (χ0v) is 6.11. The Labute approximate surface area is 60.6 Å². The van der Waals surface area contributed by atoms with Gasteiger partial charge in [0.05, 0.1) is 0 Å². The predicted octanol–water partition coefficient (Wildman–Crippen LogP) is 2.25. The minimum atomic E-state index is -1.14. The van der Waals surface area contributed by atoms with Gasteiger partial charge in [-0.05, 0) is 12.8 Å². The van der Waals surface area contributed by atoms with Crippen LogP contribution < -0.4 is 0 Å². The molecule has 0 N–H and O–H groups in total. The summed E-state index contributed by atoms with van der Waals surface area (Å²) < 4.78 is 13.3. The van der Waals surface area contributed by atoms with Crippen LogP contribution in [0.2, 0.25) is 0 Å². The van der Waals surface area contributed by atoms with Crippen molar-refractivity contribution >= 4 is 6.29 Å². The molecule has 0 aromatic heterocycles. The summed E-state index contributed by atoms with van der Waals surface area (Å²) in [5.41, 5.74) is -1.14. The van der Waals surface area contributed by atoms with Gasteiger partial charge < -0.3 is 4.79 Å². The van der Waals surface area contributed by atoms with Crippen molar-refractivity contribution in [2.24, 2.45) is 0 Å². The predicted molar refractivity (Wildman–Crippen MR) is 37.6 cm³/mol. The number of halogens is 1. The van der Waals surface area contributed by atoms with Gasteiger partial charge >= 0.3 is 0 Å². The number of hydrogen-bond donors (Lipinski definition) is 0. The van der Waals surface area contributed by atoms with Gasteiger partial charge in [-0.25, -0.2) is 4.39 Å². The Kier molecular flexibility index (Phi) is 2.41. The first-order chi connectivity index (χ1) is 4.77. The average Bonchev–Trinajstić information content (AvgIpc) is 1.89. The minimum absolute atomic E-state index is 0.104. The normalized spacial score (nSPS) is 24.1. The molecule has 0 unspecified atom stereocenters. The standard InChI is InChI=1S/C8H13FO/c9-8(6-7-10)4-2-1-3-5-8/h7H,1-6H2. The van der Waals surface area contributed by atoms with Crippen LogP contribution in [0.3, 0.4) is 0 Å². The molecule has 1 rings (SSSR count). The Bertz CT molecular complexity index is 116. The molecule has 0 amide bonds. The number of aldehydes is 1. The lowest BCUT2D eigenvalue weighted by molar-refractivity contribution is -0.110. The quantitative estimate of drug-likeness (QED) is 0.543. The van der Waals surface area contributed by atoms with Gasteiger partial charge in [0.15, 0.2) is 0 Å². The summed E-state index contributed by atoms with van der Waals surface area (Å²) in [6.45, 7) is 0. The highest BCUT2D eigenvalue weighted by atomic mass is 19.1. The highest BCUT2D eigenvalue weighted by Gasteiger charge is 2.30. The molecule has 2 heteroatoms. The van der Waals surface area contributed by atoms with Gasteiger partial charge in [0.2, 0.25) is 0 Å². The molecular weight excluding hydrogens is 131 g/mol. The highest BCUT2D eigenvalue weighted by molar-refractivity contribution is 5.51. The van der Waals surface area contributed by atoms with Crippen molar-refractivity contribution in [3.63, 3.8) is 0 Å². The van der Waals surface area contributed by atoms with Crippen LogP contribution in [-0.2, 0) is 4.79 Å². The Morgan fingerprint density at radius 2 is 1.90 bits per heavy atom. The van der Waals surface area contributed by atoms with Crippen molar-refractivity contribution < 1.29 is 9.18 Å². The summed E-state index contributed by atoms with van der Waals surface area (Å²) in [6.07, 6.45) is 5.01. The Balaban J connectivity index is 2.39. The average molecular weight is 144 g/mol. The second-order valence-corrected chi connectivity index (χ2v) is 3.08. The van der Waals surface area contributed by atoms with Crippen LogP contribution >= 0.6 is 0 Å². The van der Waals surface area contributed by atoms with Crippen LogP contribution in [0, 0.1) is 0 Å². The van der Waals surface area contributed by atoms with Crippen LogP contribution in [0.1, 0.15) is 38.5 Å². The van der Waals surface area contributed by atoms with Gasteiger partial charge in [-0.1, -0.05) is 19.3 Å². The fourth-order valence-electron chi connectivity index (χ4n) is 1.54. The smallest absolute Gasteiger partial charge is 0.123 e. The fourth-order valence-corrected chi connectivity index (χ4v) is 1.54. The van der Waals surface area contributed by atoms with Crippen molar-refractivity contribution in [3.8, 4) is 0 Å². The van der Waals surface area contributed by atoms with E-state index in [-0.39, 0.29) is 6.42 Å². The first kappa shape index (κ1) is 7.70. The second-order valence-electron chi connectivity index (χ2n) is 3.08. The molecule has 1 nitrogen and oxygen atoms in total. The first-order valence-corrected chi connectivity index (χ1v) is 3.89. The van der Waals surface area contributed by atoms with E-state index in [1.54, 1.807) is 0 Å². The number of alkyl halides is 1. The molecule has 0 saturated heterocycles. The second kappa shape index (κ2) is 3.13. The molecule has 0 aliphatic heterocycles. The van der Waals surface area contributed by atoms with Crippen molar-refractivity contribution in [1.29, 1.82) is 0 Å². The maximum absolute atomic E-state index is 13.3. The molecule has 0 aromatic rings. The summed E-state index contributed by atoms with van der Waals surface area (Å²) in [7, 11) is 0. The van der Waals surface area contributed by atoms with Crippen molar-refractivity contribution in [1.82, 2.24) is 0 Å². The van der Waals surface area contributed by atoms with Gasteiger partial charge in [0.1, 0.15) is 12.0 Å². The van der Waals surface area contributed by atoms with Crippen LogP contribution in [0.25, 0.3) is 0 Å². The molecule has 1 fully saturated rings. The fraction of sp³-hybridized carbons (Fsp3) is 0.875. The monoisotopic (exact) mass is 144 g/mol. The lowest BCUT2D eigenvalue weighted by atomic mass is 9.84. The van der Waals surface area contributed by atoms with Crippen LogP contribution in [0.5, 0.6) is 0 Å². The Morgan fingerprint density at radius 1 is 1.30 bits per heavy atom. The topological polar surface area (TPSA) is 17.1 Å². The number of carbonyl (C=O) groups excluding carboxylic acids is 1. The van der Waals surface area contributed by atoms with Crippen molar-refractivity contribution in [2.75, 3.05) is 0 Å². The SMILES string of the molecule is O=CCC1(F)CCCCC1. The van der Waals surface area contributed by atoms with E-state index in [1.165, 1.54) is 0 Å². The summed E-state index contributed by atoms with van der Waals surface area (Å²) in [6, 6.07) is 0. The van der Waals surface area contributed by atoms with Crippen LogP contribution in [0.15, 0.2) is 0 Å². The maximum Gasteiger partial charge on any atom is 0.123 e. The third-order valence-corrected chi connectivity index (χ3v) is 2.20. The third-order valence-electron chi connectivity index (χ3n) is 2.20.